The number of Topliss-reactive ketones (excluding diaryl/α,β-unsaturated/α-hetero) is 2. The van der Waals surface area contributed by atoms with Gasteiger partial charge in [0.2, 0.25) is 0 Å². The Morgan fingerprint density at radius 3 is 2.25 bits per heavy atom. The highest BCUT2D eigenvalue weighted by Gasteiger charge is 2.43. The summed E-state index contributed by atoms with van der Waals surface area (Å²) in [6, 6.07) is 0. The molecule has 0 N–H and O–H groups in total. The van der Waals surface area contributed by atoms with Crippen LogP contribution >= 0.6 is 0 Å². The lowest BCUT2D eigenvalue weighted by atomic mass is 9.80. The van der Waals surface area contributed by atoms with E-state index in [1.54, 1.807) is 20.8 Å². The van der Waals surface area contributed by atoms with Crippen LogP contribution in [0, 0.1) is 17.3 Å². The van der Waals surface area contributed by atoms with Gasteiger partial charge in [-0.3, -0.25) is 14.4 Å². The number of carbonyl (C=O) groups excluding carboxylic acids is 3. The Hall–Kier alpha value is -1.61. The van der Waals surface area contributed by atoms with Gasteiger partial charge in [0, 0.05) is 37.9 Å². The van der Waals surface area contributed by atoms with Crippen molar-refractivity contribution in [1.29, 1.82) is 0 Å². The van der Waals surface area contributed by atoms with Crippen molar-refractivity contribution in [1.82, 2.24) is 0 Å². The van der Waals surface area contributed by atoms with Crippen molar-refractivity contribution in [2.24, 2.45) is 17.3 Å². The van der Waals surface area contributed by atoms with Gasteiger partial charge in [-0.2, -0.15) is 0 Å². The van der Waals surface area contributed by atoms with E-state index in [9.17, 15) is 14.4 Å². The first-order valence-corrected chi connectivity index (χ1v) is 17.4. The molecule has 0 amide bonds. The van der Waals surface area contributed by atoms with Gasteiger partial charge in [-0.1, -0.05) is 52.2 Å². The van der Waals surface area contributed by atoms with Gasteiger partial charge in [-0.15, -0.1) is 0 Å². The topological polar surface area (TPSA) is 97.4 Å². The van der Waals surface area contributed by atoms with Crippen LogP contribution in [0.15, 0.2) is 12.2 Å². The molecule has 0 bridgehead atoms. The molecule has 2 aliphatic heterocycles. The van der Waals surface area contributed by atoms with Crippen LogP contribution in [0.2, 0.25) is 0 Å². The van der Waals surface area contributed by atoms with E-state index in [1.807, 2.05) is 0 Å². The molecule has 1 saturated carbocycles. The Morgan fingerprint density at radius 1 is 0.955 bits per heavy atom. The maximum absolute atomic E-state index is 13.4. The summed E-state index contributed by atoms with van der Waals surface area (Å²) in [6.07, 6.45) is 15.3. The SMILES string of the molecule is CCCCC(C)(C)[C@@H](C=C[C@H]1[C@H](OC2CCCCO2)CC(=O)[C@@H]1CCCCC(=O)CC(=O)OC(C)(C)C)OC1CCCCO1. The van der Waals surface area contributed by atoms with E-state index in [0.717, 1.165) is 70.8 Å². The van der Waals surface area contributed by atoms with Crippen LogP contribution in [0.1, 0.15) is 138 Å². The zero-order valence-electron chi connectivity index (χ0n) is 28.4. The van der Waals surface area contributed by atoms with Crippen molar-refractivity contribution in [3.8, 4) is 0 Å². The average Bonchev–Trinajstić information content (AvgIpc) is 3.25. The molecule has 2 heterocycles. The molecule has 2 saturated heterocycles. The van der Waals surface area contributed by atoms with Crippen molar-refractivity contribution in [2.75, 3.05) is 13.2 Å². The number of esters is 1. The van der Waals surface area contributed by atoms with E-state index in [1.165, 1.54) is 0 Å². The fourth-order valence-electron chi connectivity index (χ4n) is 6.51. The molecule has 252 valence electrons. The molecule has 0 spiro atoms. The van der Waals surface area contributed by atoms with Crippen LogP contribution in [0.5, 0.6) is 0 Å². The third-order valence-corrected chi connectivity index (χ3v) is 9.05. The van der Waals surface area contributed by atoms with Crippen LogP contribution < -0.4 is 0 Å². The molecule has 3 rings (SSSR count). The fraction of sp³-hybridized carbons (Fsp3) is 0.861. The maximum atomic E-state index is 13.4. The zero-order chi connectivity index (χ0) is 32.2. The van der Waals surface area contributed by atoms with E-state index in [4.69, 9.17) is 23.7 Å². The monoisotopic (exact) mass is 620 g/mol. The Morgan fingerprint density at radius 2 is 1.64 bits per heavy atom. The smallest absolute Gasteiger partial charge is 0.313 e. The number of unbranched alkanes of at least 4 members (excludes halogenated alkanes) is 2. The molecular weight excluding hydrogens is 560 g/mol. The van der Waals surface area contributed by atoms with Gasteiger partial charge in [-0.25, -0.2) is 0 Å². The summed E-state index contributed by atoms with van der Waals surface area (Å²) in [5.41, 5.74) is -0.703. The molecule has 6 atom stereocenters. The molecule has 8 heteroatoms. The Kier molecular flexibility index (Phi) is 15.0. The lowest BCUT2D eigenvalue weighted by Crippen LogP contribution is -2.37. The molecule has 1 aliphatic carbocycles. The second-order valence-electron chi connectivity index (χ2n) is 14.7. The summed E-state index contributed by atoms with van der Waals surface area (Å²) >= 11 is 0. The van der Waals surface area contributed by atoms with E-state index in [0.29, 0.717) is 32.3 Å². The Labute approximate surface area is 266 Å². The van der Waals surface area contributed by atoms with E-state index < -0.39 is 11.6 Å². The number of ketones is 2. The van der Waals surface area contributed by atoms with E-state index >= 15 is 0 Å². The molecule has 0 aromatic rings. The molecule has 3 aliphatic rings. The highest BCUT2D eigenvalue weighted by molar-refractivity contribution is 5.95. The second kappa shape index (κ2) is 17.9. The second-order valence-corrected chi connectivity index (χ2v) is 14.7. The van der Waals surface area contributed by atoms with E-state index in [2.05, 4.69) is 32.9 Å². The lowest BCUT2D eigenvalue weighted by molar-refractivity contribution is -0.198. The van der Waals surface area contributed by atoms with Crippen molar-refractivity contribution in [2.45, 2.75) is 168 Å². The van der Waals surface area contributed by atoms with Gasteiger partial charge in [0.1, 0.15) is 23.6 Å². The predicted octanol–water partition coefficient (Wildman–Crippen LogP) is 7.65. The zero-order valence-corrected chi connectivity index (χ0v) is 28.4. The van der Waals surface area contributed by atoms with E-state index in [-0.39, 0.29) is 60.0 Å². The maximum Gasteiger partial charge on any atom is 0.313 e. The summed E-state index contributed by atoms with van der Waals surface area (Å²) in [7, 11) is 0. The fourth-order valence-corrected chi connectivity index (χ4v) is 6.51. The molecule has 44 heavy (non-hydrogen) atoms. The van der Waals surface area contributed by atoms with Crippen LogP contribution in [-0.2, 0) is 38.1 Å². The van der Waals surface area contributed by atoms with Gasteiger partial charge < -0.3 is 23.7 Å². The Bertz CT molecular complexity index is 923. The Balaban J connectivity index is 1.69. The van der Waals surface area contributed by atoms with Gasteiger partial charge in [0.05, 0.1) is 12.2 Å². The molecule has 2 unspecified atom stereocenters. The normalized spacial score (nSPS) is 27.5. The van der Waals surface area contributed by atoms with Gasteiger partial charge >= 0.3 is 5.97 Å². The summed E-state index contributed by atoms with van der Waals surface area (Å²) in [6.45, 7) is 13.5. The van der Waals surface area contributed by atoms with Crippen molar-refractivity contribution < 1.29 is 38.1 Å². The van der Waals surface area contributed by atoms with Crippen LogP contribution in [0.3, 0.4) is 0 Å². The number of carbonyl (C=O) groups is 3. The van der Waals surface area contributed by atoms with Crippen LogP contribution in [-0.4, -0.2) is 61.1 Å². The van der Waals surface area contributed by atoms with Crippen LogP contribution in [0.4, 0.5) is 0 Å². The quantitative estimate of drug-likeness (QED) is 0.0708. The largest absolute Gasteiger partial charge is 0.460 e. The highest BCUT2D eigenvalue weighted by Crippen LogP contribution is 2.39. The standard InChI is InChI=1S/C36H60O8/c1-7-8-21-36(5,6)31(43-34-18-12-14-23-41-34)20-19-28-27(29(38)25-30(28)42-33-17-11-13-22-40-33)16-10-9-15-26(37)24-32(39)44-35(2,3)4/h19-20,27-28,30-31,33-34H,7-18,21-25H2,1-6H3/t27-,28-,30-,31-,33?,34?/m1/s1. The minimum atomic E-state index is -0.608. The van der Waals surface area contributed by atoms with Gasteiger partial charge in [-0.05, 0) is 84.0 Å². The van der Waals surface area contributed by atoms with Crippen LogP contribution in [0.25, 0.3) is 0 Å². The first-order chi connectivity index (χ1) is 20.9. The molecular formula is C36H60O8. The minimum absolute atomic E-state index is 0.0918. The molecule has 8 nitrogen and oxygen atoms in total. The molecule has 0 aromatic heterocycles. The van der Waals surface area contributed by atoms with Gasteiger partial charge in [0.15, 0.2) is 12.6 Å². The summed E-state index contributed by atoms with van der Waals surface area (Å²) in [5.74, 6) is -0.681. The van der Waals surface area contributed by atoms with Crippen molar-refractivity contribution >= 4 is 17.5 Å². The third-order valence-electron chi connectivity index (χ3n) is 9.05. The first kappa shape index (κ1) is 36.9. The van der Waals surface area contributed by atoms with Crippen molar-refractivity contribution in [3.05, 3.63) is 12.2 Å². The molecule has 0 radical (unpaired) electrons. The molecule has 0 aromatic carbocycles. The summed E-state index contributed by atoms with van der Waals surface area (Å²) < 4.78 is 30.2. The minimum Gasteiger partial charge on any atom is -0.460 e. The first-order valence-electron chi connectivity index (χ1n) is 17.4. The number of hydrogen-bond acceptors (Lipinski definition) is 8. The summed E-state index contributed by atoms with van der Waals surface area (Å²) in [4.78, 5) is 37.9. The van der Waals surface area contributed by atoms with Gasteiger partial charge in [0.25, 0.3) is 0 Å². The average molecular weight is 621 g/mol. The highest BCUT2D eigenvalue weighted by atomic mass is 16.7. The van der Waals surface area contributed by atoms with Crippen molar-refractivity contribution in [3.63, 3.8) is 0 Å². The number of ether oxygens (including phenoxy) is 5. The number of hydrogen-bond donors (Lipinski definition) is 0. The third kappa shape index (κ3) is 12.6. The predicted molar refractivity (Wildman–Crippen MR) is 170 cm³/mol. The molecule has 3 fully saturated rings. The number of rotatable bonds is 17. The summed E-state index contributed by atoms with van der Waals surface area (Å²) in [5, 5.41) is 0. The lowest BCUT2D eigenvalue weighted by Gasteiger charge is -2.36.